The first-order chi connectivity index (χ1) is 18.3. The molecule has 0 bridgehead atoms. The van der Waals surface area contributed by atoms with Crippen molar-refractivity contribution in [3.8, 4) is 0 Å². The van der Waals surface area contributed by atoms with Gasteiger partial charge in [-0.3, -0.25) is 9.59 Å². The van der Waals surface area contributed by atoms with E-state index in [-0.39, 0.29) is 38.1 Å². The number of carbonyl (C=O) groups excluding carboxylic acids is 1. The first-order valence-electron chi connectivity index (χ1n) is 11.9. The van der Waals surface area contributed by atoms with Crippen molar-refractivity contribution >= 4 is 17.5 Å². The molecule has 4 atom stereocenters. The molecule has 4 rings (SSSR count). The summed E-state index contributed by atoms with van der Waals surface area (Å²) in [6.45, 7) is 1.93. The van der Waals surface area contributed by atoms with Crippen LogP contribution in [0, 0.1) is 0 Å². The Morgan fingerprint density at radius 3 is 2.41 bits per heavy atom. The van der Waals surface area contributed by atoms with Crippen LogP contribution < -0.4 is 15.8 Å². The molecule has 39 heavy (non-hydrogen) atoms. The highest BCUT2D eigenvalue weighted by Crippen LogP contribution is 2.32. The minimum absolute atomic E-state index is 0.00191. The number of H-pyrrole nitrogens is 1. The number of amides is 1. The molecule has 0 aromatic carbocycles. The molecule has 2 saturated heterocycles. The van der Waals surface area contributed by atoms with Crippen molar-refractivity contribution in [2.24, 2.45) is 0 Å². The molecule has 2 aliphatic heterocycles. The third kappa shape index (κ3) is 6.41. The Kier molecular flexibility index (Phi) is 8.02. The van der Waals surface area contributed by atoms with E-state index in [4.69, 9.17) is 4.74 Å². The Bertz CT molecular complexity index is 1220. The second-order valence-electron chi connectivity index (χ2n) is 9.31. The van der Waals surface area contributed by atoms with Crippen LogP contribution in [0.5, 0.6) is 0 Å². The van der Waals surface area contributed by atoms with E-state index in [1.165, 1.54) is 16.7 Å². The van der Waals surface area contributed by atoms with E-state index in [0.29, 0.717) is 25.2 Å². The van der Waals surface area contributed by atoms with Crippen LogP contribution in [0.2, 0.25) is 0 Å². The standard InChI is InChI=1S/C22H25F6N7O4/c1-11(32-13-8-31-33-18(37)17(13)22(26,27)28)10-39-16-3-5-35(19(16)38)14-2-4-34(9-15(14)36)20-29-6-12(7-30-20)21(23,24)25/h6-8,11,14-16,36H,2-5,9-10H2,1H3,(H2,32,33,37)/t11-,14+,15+,16+/m0/s1. The lowest BCUT2D eigenvalue weighted by Crippen LogP contribution is -2.55. The SMILES string of the molecule is C[C@@H](CO[C@@H]1CCN([C@@H]2CCN(c3ncc(C(F)(F)F)cn3)C[C@H]2O)C1=O)Nc1cn[nH]c(=O)c1C(F)(F)F. The predicted octanol–water partition coefficient (Wildman–Crippen LogP) is 1.66. The Hall–Kier alpha value is -3.47. The van der Waals surface area contributed by atoms with E-state index in [1.807, 2.05) is 0 Å². The van der Waals surface area contributed by atoms with Gasteiger partial charge in [-0.2, -0.15) is 31.4 Å². The van der Waals surface area contributed by atoms with Crippen molar-refractivity contribution in [2.45, 2.75) is 56.4 Å². The van der Waals surface area contributed by atoms with Gasteiger partial charge in [0.2, 0.25) is 5.95 Å². The lowest BCUT2D eigenvalue weighted by atomic mass is 10.0. The van der Waals surface area contributed by atoms with Gasteiger partial charge < -0.3 is 25.0 Å². The number of nitrogens with zero attached hydrogens (tertiary/aromatic N) is 5. The monoisotopic (exact) mass is 565 g/mol. The molecule has 2 fully saturated rings. The second kappa shape index (κ2) is 11.0. The number of aromatic amines is 1. The third-order valence-corrected chi connectivity index (χ3v) is 6.47. The van der Waals surface area contributed by atoms with Gasteiger partial charge in [-0.25, -0.2) is 15.1 Å². The first-order valence-corrected chi connectivity index (χ1v) is 11.9. The number of halogens is 6. The van der Waals surface area contributed by atoms with Crippen LogP contribution in [-0.2, 0) is 21.9 Å². The number of β-amino-alcohol motifs (C(OH)–C–C–N with tert-alkyl or cyclic N) is 1. The number of ether oxygens (including phenoxy) is 1. The minimum atomic E-state index is -4.91. The highest BCUT2D eigenvalue weighted by atomic mass is 19.4. The lowest BCUT2D eigenvalue weighted by molar-refractivity contribution is -0.141. The number of hydrogen-bond acceptors (Lipinski definition) is 9. The molecule has 3 N–H and O–H groups in total. The van der Waals surface area contributed by atoms with Crippen LogP contribution >= 0.6 is 0 Å². The topological polar surface area (TPSA) is 137 Å². The number of rotatable bonds is 7. The van der Waals surface area contributed by atoms with Crippen molar-refractivity contribution in [2.75, 3.05) is 36.5 Å². The molecule has 0 radical (unpaired) electrons. The van der Waals surface area contributed by atoms with E-state index >= 15 is 0 Å². The second-order valence-corrected chi connectivity index (χ2v) is 9.31. The van der Waals surface area contributed by atoms with Crippen molar-refractivity contribution in [1.29, 1.82) is 0 Å². The predicted molar refractivity (Wildman–Crippen MR) is 123 cm³/mol. The quantitative estimate of drug-likeness (QED) is 0.428. The van der Waals surface area contributed by atoms with Crippen molar-refractivity contribution in [3.63, 3.8) is 0 Å². The number of aliphatic hydroxyl groups excluding tert-OH is 1. The van der Waals surface area contributed by atoms with Crippen molar-refractivity contribution in [3.05, 3.63) is 40.1 Å². The summed E-state index contributed by atoms with van der Waals surface area (Å²) in [4.78, 5) is 35.0. The van der Waals surface area contributed by atoms with E-state index in [1.54, 1.807) is 5.10 Å². The summed E-state index contributed by atoms with van der Waals surface area (Å²) in [6, 6.07) is -1.28. The molecule has 2 aromatic heterocycles. The zero-order valence-electron chi connectivity index (χ0n) is 20.5. The number of aliphatic hydroxyl groups is 1. The number of alkyl halides is 6. The Morgan fingerprint density at radius 1 is 1.10 bits per heavy atom. The fourth-order valence-electron chi connectivity index (χ4n) is 4.61. The zero-order chi connectivity index (χ0) is 28.5. The third-order valence-electron chi connectivity index (χ3n) is 6.47. The van der Waals surface area contributed by atoms with Crippen LogP contribution in [0.25, 0.3) is 0 Å². The summed E-state index contributed by atoms with van der Waals surface area (Å²) < 4.78 is 83.6. The van der Waals surface area contributed by atoms with E-state index in [2.05, 4.69) is 20.4 Å². The molecule has 2 aromatic rings. The maximum Gasteiger partial charge on any atom is 0.423 e. The van der Waals surface area contributed by atoms with Gasteiger partial charge >= 0.3 is 12.4 Å². The molecule has 4 heterocycles. The van der Waals surface area contributed by atoms with Gasteiger partial charge in [-0.05, 0) is 13.3 Å². The fraction of sp³-hybridized carbons (Fsp3) is 0.591. The average molecular weight is 565 g/mol. The first kappa shape index (κ1) is 28.5. The van der Waals surface area contributed by atoms with E-state index in [9.17, 15) is 41.0 Å². The van der Waals surface area contributed by atoms with Gasteiger partial charge in [0.25, 0.3) is 11.5 Å². The number of piperidine rings is 1. The summed E-state index contributed by atoms with van der Waals surface area (Å²) >= 11 is 0. The van der Waals surface area contributed by atoms with Crippen LogP contribution in [-0.4, -0.2) is 86.6 Å². The normalized spacial score (nSPS) is 23.3. The van der Waals surface area contributed by atoms with E-state index < -0.39 is 59.0 Å². The van der Waals surface area contributed by atoms with Crippen molar-refractivity contribution in [1.82, 2.24) is 25.1 Å². The van der Waals surface area contributed by atoms with Crippen LogP contribution in [0.4, 0.5) is 38.0 Å². The number of nitrogens with one attached hydrogen (secondary N) is 2. The summed E-state index contributed by atoms with van der Waals surface area (Å²) in [6.07, 6.45) is -8.62. The Morgan fingerprint density at radius 2 is 1.79 bits per heavy atom. The highest BCUT2D eigenvalue weighted by Gasteiger charge is 2.42. The molecule has 214 valence electrons. The molecule has 11 nitrogen and oxygen atoms in total. The molecule has 2 aliphatic rings. The van der Waals surface area contributed by atoms with Crippen molar-refractivity contribution < 1.29 is 41.0 Å². The summed E-state index contributed by atoms with van der Waals surface area (Å²) in [7, 11) is 0. The number of hydrogen-bond donors (Lipinski definition) is 3. The molecular formula is C22H25F6N7O4. The maximum absolute atomic E-state index is 13.2. The van der Waals surface area contributed by atoms with Crippen LogP contribution in [0.15, 0.2) is 23.4 Å². The van der Waals surface area contributed by atoms with Gasteiger partial charge in [-0.1, -0.05) is 0 Å². The zero-order valence-corrected chi connectivity index (χ0v) is 20.5. The Labute approximate surface area is 217 Å². The average Bonchev–Trinajstić information content (AvgIpc) is 3.21. The summed E-state index contributed by atoms with van der Waals surface area (Å²) in [5.74, 6) is -0.362. The smallest absolute Gasteiger partial charge is 0.389 e. The number of anilines is 2. The van der Waals surface area contributed by atoms with Crippen LogP contribution in [0.1, 0.15) is 30.9 Å². The molecule has 0 spiro atoms. The number of likely N-dealkylation sites (tertiary alicyclic amines) is 1. The number of aromatic nitrogens is 4. The summed E-state index contributed by atoms with van der Waals surface area (Å²) in [5, 5.41) is 18.4. The summed E-state index contributed by atoms with van der Waals surface area (Å²) in [5.41, 5.74) is -4.32. The highest BCUT2D eigenvalue weighted by molar-refractivity contribution is 5.83. The number of carbonyl (C=O) groups is 1. The van der Waals surface area contributed by atoms with Gasteiger partial charge in [0, 0.05) is 44.5 Å². The maximum atomic E-state index is 13.2. The molecule has 0 saturated carbocycles. The van der Waals surface area contributed by atoms with Gasteiger partial charge in [0.05, 0.1) is 36.2 Å². The molecular weight excluding hydrogens is 540 g/mol. The minimum Gasteiger partial charge on any atom is -0.389 e. The Balaban J connectivity index is 1.30. The van der Waals surface area contributed by atoms with Gasteiger partial charge in [0.15, 0.2) is 0 Å². The van der Waals surface area contributed by atoms with E-state index in [0.717, 1.165) is 6.20 Å². The fourth-order valence-corrected chi connectivity index (χ4v) is 4.61. The van der Waals surface area contributed by atoms with Gasteiger partial charge in [0.1, 0.15) is 11.7 Å². The largest absolute Gasteiger partial charge is 0.423 e. The van der Waals surface area contributed by atoms with Gasteiger partial charge in [-0.15, -0.1) is 0 Å². The molecule has 17 heteroatoms. The lowest BCUT2D eigenvalue weighted by Gasteiger charge is -2.40. The molecule has 1 amide bonds. The molecule has 0 unspecified atom stereocenters. The molecule has 0 aliphatic carbocycles. The van der Waals surface area contributed by atoms with Crippen LogP contribution in [0.3, 0.4) is 0 Å².